The summed E-state index contributed by atoms with van der Waals surface area (Å²) in [6.07, 6.45) is 7.11. The highest BCUT2D eigenvalue weighted by Crippen LogP contribution is 2.33. The van der Waals surface area contributed by atoms with Crippen molar-refractivity contribution in [2.75, 3.05) is 12.4 Å². The molecule has 1 aromatic carbocycles. The van der Waals surface area contributed by atoms with Crippen molar-refractivity contribution in [3.8, 4) is 5.75 Å². The normalized spacial score (nSPS) is 20.1. The van der Waals surface area contributed by atoms with E-state index in [4.69, 9.17) is 9.47 Å². The van der Waals surface area contributed by atoms with Crippen molar-refractivity contribution < 1.29 is 14.3 Å². The van der Waals surface area contributed by atoms with Crippen LogP contribution >= 0.6 is 0 Å². The summed E-state index contributed by atoms with van der Waals surface area (Å²) < 4.78 is 10.8. The molecule has 1 aliphatic carbocycles. The van der Waals surface area contributed by atoms with E-state index in [-0.39, 0.29) is 12.1 Å². The van der Waals surface area contributed by atoms with E-state index in [1.54, 1.807) is 13.3 Å². The third-order valence-corrected chi connectivity index (χ3v) is 4.78. The lowest BCUT2D eigenvalue weighted by Gasteiger charge is -2.31. The van der Waals surface area contributed by atoms with Crippen LogP contribution in [0.3, 0.4) is 0 Å². The molecule has 1 fully saturated rings. The lowest BCUT2D eigenvalue weighted by molar-refractivity contribution is 0.0492. The van der Waals surface area contributed by atoms with Crippen molar-refractivity contribution in [3.63, 3.8) is 0 Å². The van der Waals surface area contributed by atoms with Crippen molar-refractivity contribution in [1.82, 2.24) is 10.3 Å². The van der Waals surface area contributed by atoms with E-state index in [1.165, 1.54) is 0 Å². The summed E-state index contributed by atoms with van der Waals surface area (Å²) in [6.45, 7) is 5.63. The molecule has 1 aliphatic rings. The third-order valence-electron chi connectivity index (χ3n) is 4.78. The summed E-state index contributed by atoms with van der Waals surface area (Å²) in [5.74, 6) is 0.774. The maximum Gasteiger partial charge on any atom is 0.407 e. The number of rotatable bonds is 4. The van der Waals surface area contributed by atoms with Gasteiger partial charge in [-0.3, -0.25) is 4.98 Å². The summed E-state index contributed by atoms with van der Waals surface area (Å²) in [5.41, 5.74) is 0.598. The molecule has 0 saturated heterocycles. The molecule has 0 aliphatic heterocycles. The van der Waals surface area contributed by atoms with Gasteiger partial charge in [0.1, 0.15) is 11.4 Å². The number of alkyl carbamates (subject to hydrolysis) is 1. The van der Waals surface area contributed by atoms with E-state index in [1.807, 2.05) is 39.1 Å². The van der Waals surface area contributed by atoms with Gasteiger partial charge in [-0.05, 0) is 52.5 Å². The summed E-state index contributed by atoms with van der Waals surface area (Å²) >= 11 is 0. The van der Waals surface area contributed by atoms with Gasteiger partial charge in [0.25, 0.3) is 0 Å². The van der Waals surface area contributed by atoms with Crippen LogP contribution in [0.1, 0.15) is 46.5 Å². The molecule has 1 amide bonds. The summed E-state index contributed by atoms with van der Waals surface area (Å²) in [6, 6.07) is 6.68. The Hall–Kier alpha value is -2.50. The first-order valence-electron chi connectivity index (χ1n) is 9.52. The van der Waals surface area contributed by atoms with Gasteiger partial charge < -0.3 is 20.1 Å². The lowest BCUT2D eigenvalue weighted by Crippen LogP contribution is -2.42. The molecule has 3 rings (SSSR count). The first kappa shape index (κ1) is 19.3. The topological polar surface area (TPSA) is 72.5 Å². The SMILES string of the molecule is COc1cncc2cccc(NC3CCC(NC(=O)OC(C)(C)C)CC3)c12. The van der Waals surface area contributed by atoms with E-state index in [2.05, 4.69) is 21.7 Å². The Morgan fingerprint density at radius 3 is 2.48 bits per heavy atom. The van der Waals surface area contributed by atoms with E-state index < -0.39 is 5.60 Å². The van der Waals surface area contributed by atoms with Crippen LogP contribution in [0.2, 0.25) is 0 Å². The number of hydrogen-bond acceptors (Lipinski definition) is 5. The van der Waals surface area contributed by atoms with Gasteiger partial charge in [0.15, 0.2) is 0 Å². The van der Waals surface area contributed by atoms with Crippen LogP contribution in [0.25, 0.3) is 10.8 Å². The number of ether oxygens (including phenoxy) is 2. The molecule has 0 radical (unpaired) electrons. The Labute approximate surface area is 160 Å². The number of amides is 1. The number of nitrogens with one attached hydrogen (secondary N) is 2. The number of hydrogen-bond donors (Lipinski definition) is 2. The minimum atomic E-state index is -0.467. The monoisotopic (exact) mass is 371 g/mol. The highest BCUT2D eigenvalue weighted by atomic mass is 16.6. The summed E-state index contributed by atoms with van der Waals surface area (Å²) in [5, 5.41) is 8.76. The van der Waals surface area contributed by atoms with Crippen LogP contribution in [0.15, 0.2) is 30.6 Å². The maximum atomic E-state index is 11.9. The first-order chi connectivity index (χ1) is 12.9. The average Bonchev–Trinajstić information content (AvgIpc) is 2.61. The van der Waals surface area contributed by atoms with E-state index in [0.717, 1.165) is 47.9 Å². The van der Waals surface area contributed by atoms with Crippen LogP contribution < -0.4 is 15.4 Å². The molecule has 6 heteroatoms. The molecule has 1 saturated carbocycles. The van der Waals surface area contributed by atoms with E-state index >= 15 is 0 Å². The molecule has 27 heavy (non-hydrogen) atoms. The van der Waals surface area contributed by atoms with Crippen LogP contribution in [-0.2, 0) is 4.74 Å². The Balaban J connectivity index is 1.60. The Morgan fingerprint density at radius 2 is 1.81 bits per heavy atom. The molecular weight excluding hydrogens is 342 g/mol. The standard InChI is InChI=1S/C21H29N3O3/c1-21(2,3)27-20(25)24-16-10-8-15(9-11-16)23-17-7-5-6-14-12-22-13-18(26-4)19(14)17/h5-7,12-13,15-16,23H,8-11H2,1-4H3,(H,24,25). The molecule has 0 spiro atoms. The Bertz CT molecular complexity index is 788. The van der Waals surface area contributed by atoms with Crippen LogP contribution in [0, 0.1) is 0 Å². The van der Waals surface area contributed by atoms with Crippen molar-refractivity contribution in [2.24, 2.45) is 0 Å². The van der Waals surface area contributed by atoms with Gasteiger partial charge in [0.05, 0.1) is 18.7 Å². The van der Waals surface area contributed by atoms with Gasteiger partial charge in [0.2, 0.25) is 0 Å². The number of carbonyl (C=O) groups excluding carboxylic acids is 1. The molecule has 2 N–H and O–H groups in total. The van der Waals surface area contributed by atoms with Gasteiger partial charge in [-0.25, -0.2) is 4.79 Å². The van der Waals surface area contributed by atoms with Crippen LogP contribution in [-0.4, -0.2) is 35.9 Å². The number of pyridine rings is 1. The highest BCUT2D eigenvalue weighted by molar-refractivity contribution is 5.98. The molecule has 2 aromatic rings. The zero-order valence-electron chi connectivity index (χ0n) is 16.5. The minimum absolute atomic E-state index is 0.171. The Morgan fingerprint density at radius 1 is 1.11 bits per heavy atom. The number of nitrogens with zero attached hydrogens (tertiary/aromatic N) is 1. The summed E-state index contributed by atoms with van der Waals surface area (Å²) in [7, 11) is 1.67. The average molecular weight is 371 g/mol. The fraction of sp³-hybridized carbons (Fsp3) is 0.524. The van der Waals surface area contributed by atoms with E-state index in [0.29, 0.717) is 6.04 Å². The second-order valence-corrected chi connectivity index (χ2v) is 8.08. The molecule has 1 heterocycles. The minimum Gasteiger partial charge on any atom is -0.494 e. The van der Waals surface area contributed by atoms with Gasteiger partial charge in [0, 0.05) is 29.4 Å². The van der Waals surface area contributed by atoms with Gasteiger partial charge in [-0.15, -0.1) is 0 Å². The number of anilines is 1. The number of benzene rings is 1. The molecule has 1 aromatic heterocycles. The fourth-order valence-electron chi connectivity index (χ4n) is 3.55. The van der Waals surface area contributed by atoms with Crippen LogP contribution in [0.5, 0.6) is 5.75 Å². The van der Waals surface area contributed by atoms with Crippen LogP contribution in [0.4, 0.5) is 10.5 Å². The molecule has 0 atom stereocenters. The van der Waals surface area contributed by atoms with E-state index in [9.17, 15) is 4.79 Å². The zero-order chi connectivity index (χ0) is 19.4. The molecule has 146 valence electrons. The first-order valence-corrected chi connectivity index (χ1v) is 9.52. The quantitative estimate of drug-likeness (QED) is 0.828. The second-order valence-electron chi connectivity index (χ2n) is 8.08. The van der Waals surface area contributed by atoms with Gasteiger partial charge in [-0.2, -0.15) is 0 Å². The molecular formula is C21H29N3O3. The number of fused-ring (bicyclic) bond motifs is 1. The fourth-order valence-corrected chi connectivity index (χ4v) is 3.55. The largest absolute Gasteiger partial charge is 0.494 e. The Kier molecular flexibility index (Phi) is 5.73. The number of methoxy groups -OCH3 is 1. The van der Waals surface area contributed by atoms with Gasteiger partial charge in [-0.1, -0.05) is 12.1 Å². The number of aromatic nitrogens is 1. The molecule has 0 unspecified atom stereocenters. The molecule has 6 nitrogen and oxygen atoms in total. The second kappa shape index (κ2) is 8.03. The molecule has 0 bridgehead atoms. The number of carbonyl (C=O) groups is 1. The van der Waals surface area contributed by atoms with Crippen molar-refractivity contribution in [3.05, 3.63) is 30.6 Å². The van der Waals surface area contributed by atoms with Crippen molar-refractivity contribution in [2.45, 2.75) is 64.1 Å². The van der Waals surface area contributed by atoms with Crippen molar-refractivity contribution >= 4 is 22.6 Å². The lowest BCUT2D eigenvalue weighted by atomic mass is 9.91. The summed E-state index contributed by atoms with van der Waals surface area (Å²) in [4.78, 5) is 16.2. The maximum absolute atomic E-state index is 11.9. The highest BCUT2D eigenvalue weighted by Gasteiger charge is 2.25. The third kappa shape index (κ3) is 5.02. The zero-order valence-corrected chi connectivity index (χ0v) is 16.5. The predicted octanol–water partition coefficient (Wildman–Crippen LogP) is 4.49. The van der Waals surface area contributed by atoms with Gasteiger partial charge >= 0.3 is 6.09 Å². The smallest absolute Gasteiger partial charge is 0.407 e. The predicted molar refractivity (Wildman–Crippen MR) is 107 cm³/mol. The van der Waals surface area contributed by atoms with Crippen molar-refractivity contribution in [1.29, 1.82) is 0 Å².